The average Bonchev–Trinajstić information content (AvgIpc) is 2.43. The lowest BCUT2D eigenvalue weighted by Crippen LogP contribution is -2.44. The molecule has 0 amide bonds. The maximum absolute atomic E-state index is 12.3. The van der Waals surface area contributed by atoms with Crippen molar-refractivity contribution in [3.63, 3.8) is 0 Å². The van der Waals surface area contributed by atoms with Crippen LogP contribution in [0.3, 0.4) is 0 Å². The van der Waals surface area contributed by atoms with Gasteiger partial charge in [-0.1, -0.05) is 32.4 Å². The Morgan fingerprint density at radius 3 is 2.50 bits per heavy atom. The minimum Gasteiger partial charge on any atom is -0.495 e. The van der Waals surface area contributed by atoms with Gasteiger partial charge in [0, 0.05) is 0 Å². The molecule has 1 aromatic carbocycles. The molecule has 0 unspecified atom stereocenters. The van der Waals surface area contributed by atoms with Crippen LogP contribution in [0.4, 0.5) is 0 Å². The zero-order valence-electron chi connectivity index (χ0n) is 11.7. The van der Waals surface area contributed by atoms with Gasteiger partial charge in [-0.05, 0) is 18.1 Å². The van der Waals surface area contributed by atoms with Crippen LogP contribution in [0.15, 0.2) is 29.2 Å². The van der Waals surface area contributed by atoms with Crippen LogP contribution < -0.4 is 9.46 Å². The molecule has 6 nitrogen and oxygen atoms in total. The fourth-order valence-electron chi connectivity index (χ4n) is 1.72. The number of hydrogen-bond donors (Lipinski definition) is 2. The molecule has 0 bridgehead atoms. The summed E-state index contributed by atoms with van der Waals surface area (Å²) in [7, 11) is -2.60. The highest BCUT2D eigenvalue weighted by atomic mass is 32.2. The summed E-state index contributed by atoms with van der Waals surface area (Å²) in [5.41, 5.74) is 0. The van der Waals surface area contributed by atoms with E-state index in [1.54, 1.807) is 26.0 Å². The third-order valence-electron chi connectivity index (χ3n) is 3.12. The third kappa shape index (κ3) is 3.71. The van der Waals surface area contributed by atoms with Crippen molar-refractivity contribution >= 4 is 16.0 Å². The molecule has 0 saturated carbocycles. The zero-order chi connectivity index (χ0) is 15.3. The number of carbonyl (C=O) groups is 1. The second kappa shape index (κ2) is 6.71. The van der Waals surface area contributed by atoms with Gasteiger partial charge in [0.15, 0.2) is 0 Å². The molecule has 1 rings (SSSR count). The number of para-hydroxylation sites is 1. The SMILES string of the molecule is CC[C@H](C)[C@H](NS(=O)(=O)c1ccccc1OC)C(=O)O. The molecule has 0 spiro atoms. The number of nitrogens with one attached hydrogen (secondary N) is 1. The lowest BCUT2D eigenvalue weighted by atomic mass is 10.0. The van der Waals surface area contributed by atoms with Gasteiger partial charge in [0.05, 0.1) is 7.11 Å². The number of carboxylic acids is 1. The van der Waals surface area contributed by atoms with E-state index in [4.69, 9.17) is 9.84 Å². The second-order valence-electron chi connectivity index (χ2n) is 4.47. The zero-order valence-corrected chi connectivity index (χ0v) is 12.5. The second-order valence-corrected chi connectivity index (χ2v) is 6.16. The van der Waals surface area contributed by atoms with Crippen LogP contribution in [0, 0.1) is 5.92 Å². The van der Waals surface area contributed by atoms with E-state index in [-0.39, 0.29) is 16.6 Å². The average molecular weight is 301 g/mol. The van der Waals surface area contributed by atoms with Gasteiger partial charge in [0.1, 0.15) is 16.7 Å². The Morgan fingerprint density at radius 2 is 2.00 bits per heavy atom. The Balaban J connectivity index is 3.13. The first kappa shape index (κ1) is 16.5. The smallest absolute Gasteiger partial charge is 0.322 e. The molecule has 0 aliphatic carbocycles. The molecule has 0 aliphatic heterocycles. The van der Waals surface area contributed by atoms with Gasteiger partial charge in [-0.2, -0.15) is 4.72 Å². The van der Waals surface area contributed by atoms with Gasteiger partial charge in [0.2, 0.25) is 10.0 Å². The fraction of sp³-hybridized carbons (Fsp3) is 0.462. The lowest BCUT2D eigenvalue weighted by Gasteiger charge is -2.20. The standard InChI is InChI=1S/C13H19NO5S/c1-4-9(2)12(13(15)16)14-20(17,18)11-8-6-5-7-10(11)19-3/h5-9,12,14H,4H2,1-3H3,(H,15,16)/t9-,12-/m0/s1. The summed E-state index contributed by atoms with van der Waals surface area (Å²) in [5.74, 6) is -1.34. The molecule has 0 aromatic heterocycles. The summed E-state index contributed by atoms with van der Waals surface area (Å²) >= 11 is 0. The van der Waals surface area contributed by atoms with Crippen LogP contribution in [0.5, 0.6) is 5.75 Å². The van der Waals surface area contributed by atoms with Gasteiger partial charge >= 0.3 is 5.97 Å². The largest absolute Gasteiger partial charge is 0.495 e. The van der Waals surface area contributed by atoms with E-state index in [0.29, 0.717) is 6.42 Å². The molecule has 7 heteroatoms. The summed E-state index contributed by atoms with van der Waals surface area (Å²) < 4.78 is 31.8. The van der Waals surface area contributed by atoms with E-state index in [0.717, 1.165) is 0 Å². The van der Waals surface area contributed by atoms with Crippen molar-refractivity contribution < 1.29 is 23.1 Å². The number of ether oxygens (including phenoxy) is 1. The number of methoxy groups -OCH3 is 1. The van der Waals surface area contributed by atoms with E-state index >= 15 is 0 Å². The Bertz CT molecular complexity index is 570. The van der Waals surface area contributed by atoms with Gasteiger partial charge in [-0.3, -0.25) is 4.79 Å². The van der Waals surface area contributed by atoms with Crippen molar-refractivity contribution in [3.8, 4) is 5.75 Å². The van der Waals surface area contributed by atoms with Crippen molar-refractivity contribution in [2.75, 3.05) is 7.11 Å². The Kier molecular flexibility index (Phi) is 5.52. The lowest BCUT2D eigenvalue weighted by molar-refractivity contribution is -0.140. The molecule has 0 fully saturated rings. The summed E-state index contributed by atoms with van der Waals surface area (Å²) in [6.45, 7) is 3.49. The highest BCUT2D eigenvalue weighted by Gasteiger charge is 2.30. The van der Waals surface area contributed by atoms with Gasteiger partial charge in [0.25, 0.3) is 0 Å². The maximum Gasteiger partial charge on any atom is 0.322 e. The van der Waals surface area contributed by atoms with Gasteiger partial charge < -0.3 is 9.84 Å². The molecule has 0 radical (unpaired) electrons. The molecule has 20 heavy (non-hydrogen) atoms. The molecule has 112 valence electrons. The minimum absolute atomic E-state index is 0.0722. The van der Waals surface area contributed by atoms with Crippen LogP contribution in [-0.4, -0.2) is 32.6 Å². The Morgan fingerprint density at radius 1 is 1.40 bits per heavy atom. The third-order valence-corrected chi connectivity index (χ3v) is 4.60. The van der Waals surface area contributed by atoms with E-state index in [2.05, 4.69) is 4.72 Å². The first-order valence-corrected chi connectivity index (χ1v) is 7.70. The van der Waals surface area contributed by atoms with Crippen molar-refractivity contribution in [1.29, 1.82) is 0 Å². The number of carboxylic acid groups (broad SMARTS) is 1. The van der Waals surface area contributed by atoms with Crippen molar-refractivity contribution in [2.24, 2.45) is 5.92 Å². The summed E-state index contributed by atoms with van der Waals surface area (Å²) in [4.78, 5) is 11.1. The van der Waals surface area contributed by atoms with Crippen LogP contribution in [0.2, 0.25) is 0 Å². The monoisotopic (exact) mass is 301 g/mol. The molecule has 0 saturated heterocycles. The van der Waals surface area contributed by atoms with Crippen molar-refractivity contribution in [3.05, 3.63) is 24.3 Å². The summed E-state index contributed by atoms with van der Waals surface area (Å²) in [6, 6.07) is 4.90. The summed E-state index contributed by atoms with van der Waals surface area (Å²) in [6.07, 6.45) is 0.547. The molecule has 2 atom stereocenters. The van der Waals surface area contributed by atoms with Crippen molar-refractivity contribution in [1.82, 2.24) is 4.72 Å². The predicted molar refractivity (Wildman–Crippen MR) is 74.2 cm³/mol. The quantitative estimate of drug-likeness (QED) is 0.795. The highest BCUT2D eigenvalue weighted by molar-refractivity contribution is 7.89. The minimum atomic E-state index is -3.96. The van der Waals surface area contributed by atoms with E-state index in [9.17, 15) is 13.2 Å². The van der Waals surface area contributed by atoms with Crippen LogP contribution >= 0.6 is 0 Å². The number of rotatable bonds is 7. The first-order valence-electron chi connectivity index (χ1n) is 6.21. The van der Waals surface area contributed by atoms with E-state index in [1.165, 1.54) is 19.2 Å². The van der Waals surface area contributed by atoms with Crippen LogP contribution in [0.25, 0.3) is 0 Å². The van der Waals surface area contributed by atoms with E-state index in [1.807, 2.05) is 0 Å². The Labute approximate surface area is 118 Å². The van der Waals surface area contributed by atoms with Gasteiger partial charge in [-0.15, -0.1) is 0 Å². The molecule has 2 N–H and O–H groups in total. The fourth-order valence-corrected chi connectivity index (χ4v) is 3.19. The van der Waals surface area contributed by atoms with Crippen LogP contribution in [0.1, 0.15) is 20.3 Å². The number of hydrogen-bond acceptors (Lipinski definition) is 4. The number of sulfonamides is 1. The Hall–Kier alpha value is -1.60. The first-order chi connectivity index (χ1) is 9.33. The normalized spacial score (nSPS) is 14.6. The van der Waals surface area contributed by atoms with Crippen molar-refractivity contribution in [2.45, 2.75) is 31.2 Å². The molecule has 0 heterocycles. The molecule has 1 aromatic rings. The van der Waals surface area contributed by atoms with E-state index < -0.39 is 22.0 Å². The molecular weight excluding hydrogens is 282 g/mol. The predicted octanol–water partition coefficient (Wildman–Crippen LogP) is 1.47. The van der Waals surface area contributed by atoms with Crippen LogP contribution in [-0.2, 0) is 14.8 Å². The highest BCUT2D eigenvalue weighted by Crippen LogP contribution is 2.23. The molecule has 0 aliphatic rings. The maximum atomic E-state index is 12.3. The summed E-state index contributed by atoms with van der Waals surface area (Å²) in [5, 5.41) is 9.15. The molecular formula is C13H19NO5S. The van der Waals surface area contributed by atoms with Gasteiger partial charge in [-0.25, -0.2) is 8.42 Å². The number of aliphatic carboxylic acids is 1. The topological polar surface area (TPSA) is 92.7 Å². The number of benzene rings is 1.